The van der Waals surface area contributed by atoms with Crippen LogP contribution < -0.4 is 24.5 Å². The molecule has 3 saturated carbocycles. The fourth-order valence-electron chi connectivity index (χ4n) is 28.8. The molecule has 9 aromatic heterocycles. The number of nitrogens with zero attached hydrogens (tertiary/aromatic N) is 9. The summed E-state index contributed by atoms with van der Waals surface area (Å²) in [5, 5.41) is 11.6. The minimum absolute atomic E-state index is 0.0876. The topological polar surface area (TPSA) is 133 Å². The molecule has 3 aliphatic carbocycles. The van der Waals surface area contributed by atoms with Gasteiger partial charge in [0.25, 0.3) is 0 Å². The third kappa shape index (κ3) is 15.0. The van der Waals surface area contributed by atoms with Gasteiger partial charge in [0.1, 0.15) is 5.58 Å². The van der Waals surface area contributed by atoms with E-state index in [-0.39, 0.29) is 38.5 Å². The van der Waals surface area contributed by atoms with E-state index < -0.39 is 0 Å². The highest BCUT2D eigenvalue weighted by molar-refractivity contribution is 6.13. The lowest BCUT2D eigenvalue weighted by Gasteiger charge is -2.41. The van der Waals surface area contributed by atoms with Crippen LogP contribution in [-0.2, 0) is 0 Å². The molecule has 0 amide bonds. The van der Waals surface area contributed by atoms with Gasteiger partial charge in [-0.05, 0) is 332 Å². The van der Waals surface area contributed by atoms with Crippen molar-refractivity contribution in [1.29, 1.82) is 0 Å². The van der Waals surface area contributed by atoms with E-state index in [1.54, 1.807) is 6.20 Å². The van der Waals surface area contributed by atoms with Gasteiger partial charge in [-0.1, -0.05) is 164 Å². The number of furan rings is 5. The number of para-hydroxylation sites is 1. The maximum atomic E-state index is 6.45. The molecule has 8 aliphatic rings. The zero-order valence-corrected chi connectivity index (χ0v) is 84.0. The summed E-state index contributed by atoms with van der Waals surface area (Å²) in [5.74, 6) is 0. The molecule has 5 aliphatic heterocycles. The van der Waals surface area contributed by atoms with Crippen molar-refractivity contribution in [3.63, 3.8) is 0 Å². The van der Waals surface area contributed by atoms with Crippen LogP contribution in [0.2, 0.25) is 0 Å². The van der Waals surface area contributed by atoms with Gasteiger partial charge in [0.2, 0.25) is 22.9 Å². The lowest BCUT2D eigenvalue weighted by atomic mass is 9.68. The van der Waals surface area contributed by atoms with Crippen molar-refractivity contribution in [3.05, 3.63) is 185 Å². The highest BCUT2D eigenvalue weighted by Gasteiger charge is 2.59. The van der Waals surface area contributed by atoms with Crippen molar-refractivity contribution in [3.8, 4) is 0 Å². The van der Waals surface area contributed by atoms with Crippen molar-refractivity contribution >= 4 is 139 Å². The van der Waals surface area contributed by atoms with E-state index in [9.17, 15) is 0 Å². The van der Waals surface area contributed by atoms with E-state index in [2.05, 4.69) is 332 Å². The summed E-state index contributed by atoms with van der Waals surface area (Å²) in [6.45, 7) is 60.6. The van der Waals surface area contributed by atoms with Gasteiger partial charge < -0.3 is 46.6 Å². The molecule has 5 saturated heterocycles. The molecule has 0 radical (unpaired) electrons. The molecule has 131 heavy (non-hydrogen) atoms. The summed E-state index contributed by atoms with van der Waals surface area (Å²) in [5.41, 5.74) is 26.3. The fourth-order valence-corrected chi connectivity index (χ4v) is 28.8. The lowest BCUT2D eigenvalue weighted by Crippen LogP contribution is -2.44. The van der Waals surface area contributed by atoms with Gasteiger partial charge in [-0.25, -0.2) is 19.9 Å². The molecule has 3 spiro atoms. The third-order valence-corrected chi connectivity index (χ3v) is 34.6. The molecule has 690 valence electrons. The number of hydrogen-bond donors (Lipinski definition) is 0. The summed E-state index contributed by atoms with van der Waals surface area (Å²) in [4.78, 5) is 31.4. The highest BCUT2D eigenvalue weighted by Crippen LogP contribution is 2.63. The standard InChI is InChI=1S/C25H32N2O.C25H31NO.C24H30N2O.C22H28N2O.C21H26N2O/c1-16-9-11-19-20-12-10-17(2)26-23(20)28-22(19)21(16)27-18(3)25(15-24(27,4)5)13-7-6-8-14-25;1-17-12-13-20-19-10-6-7-11-21(19)27-23(20)22(17)26-18(2)25(16-24(26,3)4)14-8-5-9-15-25;1-16-10-11-18-19-9-8-14-25-22(19)27-21(18)20(16)26-17(2)24(15-23(26,3)4)12-6-5-7-13-24;1-13-8-10-16-17-11-9-14(2)23-20(17)25-19(16)18(13)24-15(3)21(4,5)12-22(24,6)7;1-13-9-10-15-16-8-7-11-22-19(16)24-18(15)17(13)23-14(2)20(3,4)12-21(23,5)6/h9-12,18H,6-8,13-15H2,1-5H3;6-7,10-13,18H,5,8-9,14-16H2,1-4H3;8-11,14,17H,5-7,12-13,15H2,1-4H3;8-11,15H,12H2,1-7H3;7-11,14H,12H2,1-6H3. The Hall–Kier alpha value is -10.1. The first-order valence-corrected chi connectivity index (χ1v) is 50.0. The summed E-state index contributed by atoms with van der Waals surface area (Å²) in [6.07, 6.45) is 30.5. The van der Waals surface area contributed by atoms with E-state index in [4.69, 9.17) is 22.1 Å². The number of aryl methyl sites for hydroxylation is 7. The van der Waals surface area contributed by atoms with Crippen molar-refractivity contribution in [2.24, 2.45) is 27.1 Å². The van der Waals surface area contributed by atoms with Gasteiger partial charge in [-0.3, -0.25) is 0 Å². The molecule has 5 atom stereocenters. The van der Waals surface area contributed by atoms with E-state index in [1.165, 1.54) is 193 Å². The molecule has 23 rings (SSSR count). The number of aromatic nitrogens is 4. The smallest absolute Gasteiger partial charge is 0.227 e. The summed E-state index contributed by atoms with van der Waals surface area (Å²) in [6, 6.07) is 49.8. The van der Waals surface area contributed by atoms with Gasteiger partial charge >= 0.3 is 0 Å². The minimum Gasteiger partial charge on any atom is -0.454 e. The molecule has 15 aromatic rings. The first-order valence-electron chi connectivity index (χ1n) is 50.0. The summed E-state index contributed by atoms with van der Waals surface area (Å²) in [7, 11) is 0. The van der Waals surface area contributed by atoms with Crippen molar-refractivity contribution in [1.82, 2.24) is 19.9 Å². The quantitative estimate of drug-likeness (QED) is 0.162. The second-order valence-electron chi connectivity index (χ2n) is 46.8. The van der Waals surface area contributed by atoms with Crippen LogP contribution in [0, 0.1) is 75.5 Å². The third-order valence-electron chi connectivity index (χ3n) is 34.6. The zero-order valence-electron chi connectivity index (χ0n) is 84.0. The maximum Gasteiger partial charge on any atom is 0.227 e. The Labute approximate surface area is 778 Å². The Kier molecular flexibility index (Phi) is 22.3. The van der Waals surface area contributed by atoms with E-state index in [0.717, 1.165) is 113 Å². The Balaban J connectivity index is 0.000000106. The number of benzene rings is 6. The minimum atomic E-state index is 0.0876. The average molecular weight is 1760 g/mol. The first kappa shape index (κ1) is 90.1. The van der Waals surface area contributed by atoms with Gasteiger partial charge in [-0.15, -0.1) is 0 Å². The molecule has 14 heterocycles. The monoisotopic (exact) mass is 1760 g/mol. The maximum absolute atomic E-state index is 6.45. The fraction of sp³-hybridized carbons (Fsp3) is 0.521. The van der Waals surface area contributed by atoms with E-state index in [0.29, 0.717) is 46.5 Å². The molecular formula is C117H147N9O5. The molecule has 0 bridgehead atoms. The molecule has 8 fully saturated rings. The Morgan fingerprint density at radius 1 is 0.252 bits per heavy atom. The van der Waals surface area contributed by atoms with Gasteiger partial charge in [0.05, 0.1) is 28.4 Å². The van der Waals surface area contributed by atoms with Crippen molar-refractivity contribution < 1.29 is 22.1 Å². The number of rotatable bonds is 5. The molecular weight excluding hydrogens is 1610 g/mol. The van der Waals surface area contributed by atoms with Crippen LogP contribution >= 0.6 is 0 Å². The predicted octanol–water partition coefficient (Wildman–Crippen LogP) is 32.5. The molecule has 5 unspecified atom stereocenters. The predicted molar refractivity (Wildman–Crippen MR) is 550 cm³/mol. The van der Waals surface area contributed by atoms with Gasteiger partial charge in [0, 0.05) is 136 Å². The van der Waals surface area contributed by atoms with Gasteiger partial charge in [0.15, 0.2) is 27.9 Å². The van der Waals surface area contributed by atoms with E-state index >= 15 is 0 Å². The largest absolute Gasteiger partial charge is 0.454 e. The van der Waals surface area contributed by atoms with Crippen LogP contribution in [0.4, 0.5) is 28.4 Å². The summed E-state index contributed by atoms with van der Waals surface area (Å²) >= 11 is 0. The van der Waals surface area contributed by atoms with Crippen molar-refractivity contribution in [2.75, 3.05) is 24.5 Å². The van der Waals surface area contributed by atoms with Crippen LogP contribution in [0.1, 0.15) is 299 Å². The average Bonchev–Trinajstić information content (AvgIpc) is 1.56. The second kappa shape index (κ2) is 32.4. The Morgan fingerprint density at radius 2 is 0.504 bits per heavy atom. The van der Waals surface area contributed by atoms with Crippen LogP contribution in [-0.4, -0.2) is 77.8 Å². The SMILES string of the molecule is Cc1ccc2c(n1)oc1c(N3C(C)C(C)(C)CC3(C)C)c(C)ccc12.Cc1ccc2c(n1)oc1c(N3C(C)C4(CCCCC4)CC3(C)C)c(C)ccc12.Cc1ccc2c(oc3ccccc32)c1N1C(C)C2(CCCCC2)CC1(C)C.Cc1ccc2c(oc3ncccc32)c1N1C(C)C(C)(C)CC1(C)C.Cc1ccc2c(oc3ncccc32)c1N1C(C)C2(CCCCC2)CC1(C)C. The van der Waals surface area contributed by atoms with Crippen LogP contribution in [0.5, 0.6) is 0 Å². The van der Waals surface area contributed by atoms with Gasteiger partial charge in [-0.2, -0.15) is 0 Å². The zero-order chi connectivity index (χ0) is 92.7. The first-order chi connectivity index (χ1) is 62.0. The van der Waals surface area contributed by atoms with Crippen LogP contribution in [0.25, 0.3) is 110 Å². The second-order valence-corrected chi connectivity index (χ2v) is 46.8. The molecule has 6 aromatic carbocycles. The Morgan fingerprint density at radius 3 is 0.809 bits per heavy atom. The summed E-state index contributed by atoms with van der Waals surface area (Å²) < 4.78 is 31.8. The van der Waals surface area contributed by atoms with E-state index in [1.807, 2.05) is 32.2 Å². The number of hydrogen-bond acceptors (Lipinski definition) is 14. The van der Waals surface area contributed by atoms with Crippen LogP contribution in [0.3, 0.4) is 0 Å². The molecule has 14 nitrogen and oxygen atoms in total. The highest BCUT2D eigenvalue weighted by atomic mass is 16.4. The van der Waals surface area contributed by atoms with Crippen LogP contribution in [0.15, 0.2) is 168 Å². The molecule has 14 heteroatoms. The number of pyridine rings is 4. The Bertz CT molecular complexity index is 6730. The van der Waals surface area contributed by atoms with Crippen molar-refractivity contribution in [2.45, 2.75) is 366 Å². The number of fused-ring (bicyclic) bond motifs is 15. The normalized spacial score (nSPS) is 23.5. The number of anilines is 5. The molecule has 0 N–H and O–H groups in total. The lowest BCUT2D eigenvalue weighted by molar-refractivity contribution is 0.170.